The monoisotopic (exact) mass is 401 g/mol. The molecule has 9 nitrogen and oxygen atoms in total. The molecule has 2 aromatic rings. The molecule has 2 aliphatic heterocycles. The van der Waals surface area contributed by atoms with Crippen molar-refractivity contribution in [3.05, 3.63) is 17.8 Å². The van der Waals surface area contributed by atoms with E-state index in [0.29, 0.717) is 23.8 Å². The van der Waals surface area contributed by atoms with Crippen LogP contribution in [0.15, 0.2) is 12.1 Å². The summed E-state index contributed by atoms with van der Waals surface area (Å²) in [5.74, 6) is 0.445. The van der Waals surface area contributed by atoms with Crippen molar-refractivity contribution in [2.75, 3.05) is 52.4 Å². The summed E-state index contributed by atoms with van der Waals surface area (Å²) in [4.78, 5) is 19.7. The minimum absolute atomic E-state index is 0.131. The molecule has 0 spiro atoms. The second kappa shape index (κ2) is 9.51. The second-order valence-electron chi connectivity index (χ2n) is 7.78. The number of rotatable bonds is 7. The van der Waals surface area contributed by atoms with Crippen LogP contribution in [0.25, 0.3) is 11.0 Å². The van der Waals surface area contributed by atoms with E-state index < -0.39 is 0 Å². The van der Waals surface area contributed by atoms with E-state index in [1.165, 1.54) is 0 Å². The largest absolute Gasteiger partial charge is 0.478 e. The molecular formula is C20H31N7O2. The lowest BCUT2D eigenvalue weighted by molar-refractivity contribution is 0.0925. The lowest BCUT2D eigenvalue weighted by atomic mass is 10.1. The summed E-state index contributed by atoms with van der Waals surface area (Å²) < 4.78 is 7.50. The van der Waals surface area contributed by atoms with Crippen LogP contribution in [0, 0.1) is 0 Å². The smallest absolute Gasteiger partial charge is 0.272 e. The van der Waals surface area contributed by atoms with Gasteiger partial charge >= 0.3 is 0 Å². The molecule has 0 unspecified atom stereocenters. The summed E-state index contributed by atoms with van der Waals surface area (Å²) in [6.07, 6.45) is 2.86. The van der Waals surface area contributed by atoms with E-state index >= 15 is 0 Å². The fourth-order valence-corrected chi connectivity index (χ4v) is 3.98. The van der Waals surface area contributed by atoms with Gasteiger partial charge in [0.25, 0.3) is 5.91 Å². The number of ether oxygens (including phenoxy) is 1. The van der Waals surface area contributed by atoms with Gasteiger partial charge in [0.15, 0.2) is 11.3 Å². The van der Waals surface area contributed by atoms with Crippen LogP contribution in [0.2, 0.25) is 0 Å². The van der Waals surface area contributed by atoms with Crippen molar-refractivity contribution >= 4 is 16.9 Å². The van der Waals surface area contributed by atoms with Crippen LogP contribution < -0.4 is 20.7 Å². The molecule has 0 aliphatic carbocycles. The summed E-state index contributed by atoms with van der Waals surface area (Å²) in [6.45, 7) is 7.86. The highest BCUT2D eigenvalue weighted by Crippen LogP contribution is 2.20. The van der Waals surface area contributed by atoms with Crippen LogP contribution >= 0.6 is 0 Å². The van der Waals surface area contributed by atoms with Crippen molar-refractivity contribution in [3.63, 3.8) is 0 Å². The Labute approximate surface area is 171 Å². The number of amides is 1. The van der Waals surface area contributed by atoms with Gasteiger partial charge in [0.05, 0.1) is 12.0 Å². The normalized spacial score (nSPS) is 18.8. The number of piperazine rings is 1. The lowest BCUT2D eigenvalue weighted by Gasteiger charge is -2.26. The topological polar surface area (TPSA) is 96.3 Å². The third-order valence-corrected chi connectivity index (χ3v) is 5.63. The molecule has 1 amide bonds. The van der Waals surface area contributed by atoms with Crippen LogP contribution in [0.5, 0.6) is 5.88 Å². The number of piperidine rings is 1. The summed E-state index contributed by atoms with van der Waals surface area (Å²) in [5, 5.41) is 14.9. The molecule has 0 bridgehead atoms. The van der Waals surface area contributed by atoms with Crippen molar-refractivity contribution < 1.29 is 9.53 Å². The van der Waals surface area contributed by atoms with Crippen LogP contribution in [0.3, 0.4) is 0 Å². The van der Waals surface area contributed by atoms with Gasteiger partial charge in [-0.15, -0.1) is 0 Å². The summed E-state index contributed by atoms with van der Waals surface area (Å²) in [5.41, 5.74) is 1.10. The Kier molecular flexibility index (Phi) is 6.58. The van der Waals surface area contributed by atoms with Crippen molar-refractivity contribution in [2.24, 2.45) is 7.05 Å². The molecule has 4 heterocycles. The maximum atomic E-state index is 12.7. The number of carbonyl (C=O) groups is 1. The molecule has 29 heavy (non-hydrogen) atoms. The maximum Gasteiger partial charge on any atom is 0.272 e. The first-order valence-electron chi connectivity index (χ1n) is 10.6. The van der Waals surface area contributed by atoms with E-state index in [1.54, 1.807) is 4.68 Å². The first-order chi connectivity index (χ1) is 14.2. The average molecular weight is 402 g/mol. The Morgan fingerprint density at radius 3 is 2.76 bits per heavy atom. The first kappa shape index (κ1) is 20.1. The zero-order valence-electron chi connectivity index (χ0n) is 17.1. The Morgan fingerprint density at radius 1 is 1.21 bits per heavy atom. The molecule has 0 atom stereocenters. The highest BCUT2D eigenvalue weighted by molar-refractivity contribution is 6.04. The highest BCUT2D eigenvalue weighted by Gasteiger charge is 2.21. The molecule has 158 valence electrons. The first-order valence-corrected chi connectivity index (χ1v) is 10.6. The van der Waals surface area contributed by atoms with Crippen LogP contribution in [0.1, 0.15) is 29.8 Å². The van der Waals surface area contributed by atoms with Crippen molar-refractivity contribution in [1.82, 2.24) is 35.6 Å². The summed E-state index contributed by atoms with van der Waals surface area (Å²) >= 11 is 0. The minimum atomic E-state index is -0.131. The SMILES string of the molecule is Cn1nc(C(=O)NC2CCNCC2)c2ccc(OCCCN3CCNCC3)nc21. The molecule has 2 aliphatic rings. The molecule has 0 radical (unpaired) electrons. The molecular weight excluding hydrogens is 370 g/mol. The van der Waals surface area contributed by atoms with Gasteiger partial charge < -0.3 is 25.6 Å². The van der Waals surface area contributed by atoms with Crippen molar-refractivity contribution in [1.29, 1.82) is 0 Å². The quantitative estimate of drug-likeness (QED) is 0.567. The van der Waals surface area contributed by atoms with Gasteiger partial charge in [-0.05, 0) is 38.4 Å². The van der Waals surface area contributed by atoms with Crippen molar-refractivity contribution in [2.45, 2.75) is 25.3 Å². The van der Waals surface area contributed by atoms with Crippen LogP contribution in [0.4, 0.5) is 0 Å². The lowest BCUT2D eigenvalue weighted by Crippen LogP contribution is -2.43. The number of aromatic nitrogens is 3. The molecule has 0 saturated carbocycles. The number of nitrogens with one attached hydrogen (secondary N) is 3. The maximum absolute atomic E-state index is 12.7. The highest BCUT2D eigenvalue weighted by atomic mass is 16.5. The van der Waals surface area contributed by atoms with E-state index in [0.717, 1.165) is 70.5 Å². The van der Waals surface area contributed by atoms with E-state index in [-0.39, 0.29) is 11.9 Å². The number of fused-ring (bicyclic) bond motifs is 1. The fraction of sp³-hybridized carbons (Fsp3) is 0.650. The zero-order valence-corrected chi connectivity index (χ0v) is 17.1. The summed E-state index contributed by atoms with van der Waals surface area (Å²) in [7, 11) is 1.81. The molecule has 9 heteroatoms. The Morgan fingerprint density at radius 2 is 1.97 bits per heavy atom. The number of nitrogens with zero attached hydrogens (tertiary/aromatic N) is 4. The standard InChI is InChI=1S/C20H31N7O2/c1-26-19-16(18(25-26)20(28)23-15-5-7-21-8-6-15)3-4-17(24-19)29-14-2-11-27-12-9-22-10-13-27/h3-4,15,21-22H,2,5-14H2,1H3,(H,23,28). The van der Waals surface area contributed by atoms with Gasteiger partial charge in [-0.1, -0.05) is 0 Å². The summed E-state index contributed by atoms with van der Waals surface area (Å²) in [6, 6.07) is 3.92. The van der Waals surface area contributed by atoms with Gasteiger partial charge in [-0.25, -0.2) is 4.68 Å². The Balaban J connectivity index is 1.35. The van der Waals surface area contributed by atoms with Gasteiger partial charge in [-0.2, -0.15) is 10.1 Å². The van der Waals surface area contributed by atoms with Gasteiger partial charge in [0.2, 0.25) is 5.88 Å². The van der Waals surface area contributed by atoms with Crippen molar-refractivity contribution in [3.8, 4) is 5.88 Å². The fourth-order valence-electron chi connectivity index (χ4n) is 3.98. The number of hydrogen-bond donors (Lipinski definition) is 3. The Bertz CT molecular complexity index is 826. The van der Waals surface area contributed by atoms with Gasteiger partial charge in [0, 0.05) is 51.9 Å². The second-order valence-corrected chi connectivity index (χ2v) is 7.78. The van der Waals surface area contributed by atoms with Gasteiger partial charge in [0.1, 0.15) is 0 Å². The van der Waals surface area contributed by atoms with E-state index in [2.05, 4.69) is 30.9 Å². The average Bonchev–Trinajstić information content (AvgIpc) is 3.09. The number of hydrogen-bond acceptors (Lipinski definition) is 7. The van der Waals surface area contributed by atoms with E-state index in [9.17, 15) is 4.79 Å². The van der Waals surface area contributed by atoms with E-state index in [4.69, 9.17) is 4.74 Å². The number of pyridine rings is 1. The Hall–Kier alpha value is -2.23. The predicted octanol–water partition coefficient (Wildman–Crippen LogP) is 0.124. The molecule has 0 aromatic carbocycles. The predicted molar refractivity (Wildman–Crippen MR) is 111 cm³/mol. The van der Waals surface area contributed by atoms with Crippen LogP contribution in [-0.2, 0) is 7.05 Å². The zero-order chi connectivity index (χ0) is 20.1. The van der Waals surface area contributed by atoms with E-state index in [1.807, 2.05) is 19.2 Å². The number of aryl methyl sites for hydroxylation is 1. The van der Waals surface area contributed by atoms with Gasteiger partial charge in [-0.3, -0.25) is 4.79 Å². The molecule has 4 rings (SSSR count). The molecule has 2 saturated heterocycles. The minimum Gasteiger partial charge on any atom is -0.478 e. The molecule has 2 fully saturated rings. The third kappa shape index (κ3) is 5.04. The van der Waals surface area contributed by atoms with Crippen LogP contribution in [-0.4, -0.2) is 84.0 Å². The number of carbonyl (C=O) groups excluding carboxylic acids is 1. The third-order valence-electron chi connectivity index (χ3n) is 5.63. The molecule has 3 N–H and O–H groups in total. The molecule has 2 aromatic heterocycles.